The molecule has 0 aliphatic heterocycles. The summed E-state index contributed by atoms with van der Waals surface area (Å²) >= 11 is 0. The predicted molar refractivity (Wildman–Crippen MR) is 68.7 cm³/mol. The smallest absolute Gasteiger partial charge is 0.123 e. The number of halogens is 1. The van der Waals surface area contributed by atoms with Crippen LogP contribution >= 0.6 is 0 Å². The second kappa shape index (κ2) is 6.26. The number of aromatic nitrogens is 1. The number of benzene rings is 1. The van der Waals surface area contributed by atoms with E-state index in [9.17, 15) is 9.50 Å². The second-order valence-corrected chi connectivity index (χ2v) is 4.38. The fourth-order valence-electron chi connectivity index (χ4n) is 1.87. The Morgan fingerprint density at radius 2 is 1.89 bits per heavy atom. The largest absolute Gasteiger partial charge is 0.393 e. The summed E-state index contributed by atoms with van der Waals surface area (Å²) < 4.78 is 12.7. The lowest BCUT2D eigenvalue weighted by Gasteiger charge is -2.10. The number of hydrogen-bond donors (Lipinski definition) is 1. The van der Waals surface area contributed by atoms with Crippen LogP contribution in [0.1, 0.15) is 17.5 Å². The summed E-state index contributed by atoms with van der Waals surface area (Å²) in [5, 5.41) is 9.92. The van der Waals surface area contributed by atoms with Crippen LogP contribution in [0.3, 0.4) is 0 Å². The van der Waals surface area contributed by atoms with Crippen molar-refractivity contribution in [3.05, 3.63) is 65.7 Å². The SMILES string of the molecule is OC(CCc1cccnc1)Cc1ccc(F)cc1. The number of hydrogen-bond acceptors (Lipinski definition) is 2. The molecule has 0 bridgehead atoms. The van der Waals surface area contributed by atoms with E-state index in [1.54, 1.807) is 18.3 Å². The number of pyridine rings is 1. The highest BCUT2D eigenvalue weighted by Crippen LogP contribution is 2.10. The molecule has 3 heteroatoms. The summed E-state index contributed by atoms with van der Waals surface area (Å²) in [4.78, 5) is 4.03. The first kappa shape index (κ1) is 12.7. The molecule has 0 radical (unpaired) electrons. The fraction of sp³-hybridized carbons (Fsp3) is 0.267. The molecular formula is C15H16FNO. The van der Waals surface area contributed by atoms with Gasteiger partial charge in [0.2, 0.25) is 0 Å². The van der Waals surface area contributed by atoms with Crippen molar-refractivity contribution in [1.29, 1.82) is 0 Å². The number of aliphatic hydroxyl groups is 1. The standard InChI is InChI=1S/C15H16FNO/c16-14-6-3-12(4-7-14)10-15(18)8-5-13-2-1-9-17-11-13/h1-4,6-7,9,11,15,18H,5,8,10H2. The maximum atomic E-state index is 12.7. The Labute approximate surface area is 106 Å². The topological polar surface area (TPSA) is 33.1 Å². The van der Waals surface area contributed by atoms with E-state index in [1.165, 1.54) is 12.1 Å². The summed E-state index contributed by atoms with van der Waals surface area (Å²) in [6.07, 6.45) is 5.18. The predicted octanol–water partition coefficient (Wildman–Crippen LogP) is 2.76. The minimum absolute atomic E-state index is 0.247. The minimum Gasteiger partial charge on any atom is -0.393 e. The molecular weight excluding hydrogens is 229 g/mol. The molecule has 0 saturated carbocycles. The van der Waals surface area contributed by atoms with Gasteiger partial charge in [0.05, 0.1) is 6.10 Å². The van der Waals surface area contributed by atoms with Crippen molar-refractivity contribution in [2.75, 3.05) is 0 Å². The Bertz CT molecular complexity index is 470. The fourth-order valence-corrected chi connectivity index (χ4v) is 1.87. The molecule has 2 rings (SSSR count). The zero-order valence-corrected chi connectivity index (χ0v) is 10.1. The molecule has 1 heterocycles. The maximum absolute atomic E-state index is 12.7. The minimum atomic E-state index is -0.407. The molecule has 1 unspecified atom stereocenters. The monoisotopic (exact) mass is 245 g/mol. The van der Waals surface area contributed by atoms with Gasteiger partial charge in [-0.1, -0.05) is 18.2 Å². The molecule has 1 aromatic heterocycles. The van der Waals surface area contributed by atoms with Crippen molar-refractivity contribution >= 4 is 0 Å². The van der Waals surface area contributed by atoms with Crippen LogP contribution in [0.15, 0.2) is 48.8 Å². The van der Waals surface area contributed by atoms with Crippen molar-refractivity contribution in [2.24, 2.45) is 0 Å². The van der Waals surface area contributed by atoms with E-state index in [1.807, 2.05) is 18.3 Å². The average molecular weight is 245 g/mol. The van der Waals surface area contributed by atoms with Gasteiger partial charge in [-0.05, 0) is 48.6 Å². The zero-order chi connectivity index (χ0) is 12.8. The summed E-state index contributed by atoms with van der Waals surface area (Å²) in [7, 11) is 0. The lowest BCUT2D eigenvalue weighted by Crippen LogP contribution is -2.11. The van der Waals surface area contributed by atoms with Crippen LogP contribution in [0.4, 0.5) is 4.39 Å². The molecule has 0 fully saturated rings. The number of rotatable bonds is 5. The van der Waals surface area contributed by atoms with Crippen molar-refractivity contribution in [1.82, 2.24) is 4.98 Å². The van der Waals surface area contributed by atoms with Gasteiger partial charge in [-0.2, -0.15) is 0 Å². The highest BCUT2D eigenvalue weighted by Gasteiger charge is 2.06. The molecule has 1 N–H and O–H groups in total. The first-order chi connectivity index (χ1) is 8.74. The Kier molecular flexibility index (Phi) is 4.42. The van der Waals surface area contributed by atoms with Crippen molar-refractivity contribution in [3.8, 4) is 0 Å². The van der Waals surface area contributed by atoms with Crippen LogP contribution in [0, 0.1) is 5.82 Å². The quantitative estimate of drug-likeness (QED) is 0.878. The van der Waals surface area contributed by atoms with Crippen LogP contribution in [0.2, 0.25) is 0 Å². The van der Waals surface area contributed by atoms with Gasteiger partial charge in [0, 0.05) is 12.4 Å². The van der Waals surface area contributed by atoms with Gasteiger partial charge in [-0.15, -0.1) is 0 Å². The van der Waals surface area contributed by atoms with Crippen molar-refractivity contribution < 1.29 is 9.50 Å². The molecule has 1 aromatic carbocycles. The van der Waals surface area contributed by atoms with Crippen LogP contribution in [-0.4, -0.2) is 16.2 Å². The lowest BCUT2D eigenvalue weighted by atomic mass is 10.0. The van der Waals surface area contributed by atoms with Gasteiger partial charge < -0.3 is 5.11 Å². The summed E-state index contributed by atoms with van der Waals surface area (Å²) in [6, 6.07) is 10.1. The third-order valence-corrected chi connectivity index (χ3v) is 2.87. The second-order valence-electron chi connectivity index (χ2n) is 4.38. The van der Waals surface area contributed by atoms with Gasteiger partial charge in [-0.25, -0.2) is 4.39 Å². The van der Waals surface area contributed by atoms with E-state index in [-0.39, 0.29) is 5.82 Å². The zero-order valence-electron chi connectivity index (χ0n) is 10.1. The first-order valence-electron chi connectivity index (χ1n) is 6.05. The van der Waals surface area contributed by atoms with Gasteiger partial charge in [0.25, 0.3) is 0 Å². The average Bonchev–Trinajstić information content (AvgIpc) is 2.40. The van der Waals surface area contributed by atoms with Crippen LogP contribution < -0.4 is 0 Å². The van der Waals surface area contributed by atoms with Gasteiger partial charge in [0.15, 0.2) is 0 Å². The summed E-state index contributed by atoms with van der Waals surface area (Å²) in [5.74, 6) is -0.247. The Morgan fingerprint density at radius 1 is 1.11 bits per heavy atom. The Hall–Kier alpha value is -1.74. The third kappa shape index (κ3) is 3.93. The molecule has 0 aliphatic carbocycles. The van der Waals surface area contributed by atoms with Crippen molar-refractivity contribution in [2.45, 2.75) is 25.4 Å². The van der Waals surface area contributed by atoms with Gasteiger partial charge >= 0.3 is 0 Å². The van der Waals surface area contributed by atoms with E-state index in [0.717, 1.165) is 17.5 Å². The lowest BCUT2D eigenvalue weighted by molar-refractivity contribution is 0.165. The molecule has 0 spiro atoms. The van der Waals surface area contributed by atoms with E-state index in [0.29, 0.717) is 12.8 Å². The van der Waals surface area contributed by atoms with Crippen molar-refractivity contribution in [3.63, 3.8) is 0 Å². The van der Waals surface area contributed by atoms with Gasteiger partial charge in [-0.3, -0.25) is 4.98 Å². The summed E-state index contributed by atoms with van der Waals surface area (Å²) in [6.45, 7) is 0. The van der Waals surface area contributed by atoms with E-state index >= 15 is 0 Å². The molecule has 2 nitrogen and oxygen atoms in total. The molecule has 0 saturated heterocycles. The Balaban J connectivity index is 1.82. The first-order valence-corrected chi connectivity index (χ1v) is 6.05. The normalized spacial score (nSPS) is 12.3. The third-order valence-electron chi connectivity index (χ3n) is 2.87. The highest BCUT2D eigenvalue weighted by atomic mass is 19.1. The number of aryl methyl sites for hydroxylation is 1. The van der Waals surface area contributed by atoms with E-state index in [4.69, 9.17) is 0 Å². The van der Waals surface area contributed by atoms with Crippen LogP contribution in [-0.2, 0) is 12.8 Å². The number of nitrogens with zero attached hydrogens (tertiary/aromatic N) is 1. The highest BCUT2D eigenvalue weighted by molar-refractivity contribution is 5.17. The van der Waals surface area contributed by atoms with E-state index < -0.39 is 6.10 Å². The van der Waals surface area contributed by atoms with Crippen LogP contribution in [0.25, 0.3) is 0 Å². The molecule has 18 heavy (non-hydrogen) atoms. The molecule has 0 aliphatic rings. The molecule has 0 amide bonds. The number of aliphatic hydroxyl groups excluding tert-OH is 1. The van der Waals surface area contributed by atoms with E-state index in [2.05, 4.69) is 4.98 Å². The van der Waals surface area contributed by atoms with Crippen LogP contribution in [0.5, 0.6) is 0 Å². The molecule has 94 valence electrons. The van der Waals surface area contributed by atoms with Gasteiger partial charge in [0.1, 0.15) is 5.82 Å². The Morgan fingerprint density at radius 3 is 2.56 bits per heavy atom. The molecule has 1 atom stereocenters. The molecule has 2 aromatic rings. The summed E-state index contributed by atoms with van der Waals surface area (Å²) in [5.41, 5.74) is 2.07. The maximum Gasteiger partial charge on any atom is 0.123 e.